The number of carbonyl (C=O) groups is 2. The van der Waals surface area contributed by atoms with Crippen molar-refractivity contribution in [3.05, 3.63) is 41.2 Å². The van der Waals surface area contributed by atoms with Crippen LogP contribution in [0.2, 0.25) is 0 Å². The van der Waals surface area contributed by atoms with Gasteiger partial charge < -0.3 is 14.7 Å². The minimum absolute atomic E-state index is 0.0157. The Kier molecular flexibility index (Phi) is 7.12. The number of anilines is 1. The Morgan fingerprint density at radius 1 is 0.973 bits per heavy atom. The van der Waals surface area contributed by atoms with E-state index in [0.717, 1.165) is 43.9 Å². The second kappa shape index (κ2) is 10.2. The Labute approximate surface area is 218 Å². The lowest BCUT2D eigenvalue weighted by molar-refractivity contribution is -0.138. The number of sulfonamides is 1. The highest BCUT2D eigenvalue weighted by molar-refractivity contribution is 7.89. The van der Waals surface area contributed by atoms with Crippen LogP contribution in [-0.2, 0) is 32.6 Å². The van der Waals surface area contributed by atoms with Gasteiger partial charge in [0, 0.05) is 57.4 Å². The molecule has 2 fully saturated rings. The number of fused-ring (bicyclic) bond motifs is 1. The first-order valence-electron chi connectivity index (χ1n) is 13.1. The molecule has 0 spiro atoms. The summed E-state index contributed by atoms with van der Waals surface area (Å²) in [4.78, 5) is 32.1. The van der Waals surface area contributed by atoms with Gasteiger partial charge in [-0.1, -0.05) is 18.2 Å². The van der Waals surface area contributed by atoms with Crippen molar-refractivity contribution in [2.45, 2.75) is 44.6 Å². The minimum Gasteiger partial charge on any atom is -0.340 e. The largest absolute Gasteiger partial charge is 0.340 e. The van der Waals surface area contributed by atoms with Crippen molar-refractivity contribution in [3.8, 4) is 0 Å². The number of piperidine rings is 1. The molecule has 3 aliphatic rings. The molecule has 2 amide bonds. The quantitative estimate of drug-likeness (QED) is 0.580. The number of likely N-dealkylation sites (N-methyl/N-ethyl adjacent to an activating group) is 1. The van der Waals surface area contributed by atoms with Gasteiger partial charge in [-0.2, -0.15) is 9.40 Å². The molecule has 1 aromatic carbocycles. The van der Waals surface area contributed by atoms with Crippen LogP contribution in [0, 0.1) is 19.8 Å². The van der Waals surface area contributed by atoms with Gasteiger partial charge in [-0.15, -0.1) is 0 Å². The van der Waals surface area contributed by atoms with E-state index in [0.29, 0.717) is 43.9 Å². The lowest BCUT2D eigenvalue weighted by Crippen LogP contribution is -2.51. The minimum atomic E-state index is -3.79. The highest BCUT2D eigenvalue weighted by atomic mass is 32.2. The normalized spacial score (nSPS) is 19.9. The summed E-state index contributed by atoms with van der Waals surface area (Å²) in [6.45, 7) is 7.79. The van der Waals surface area contributed by atoms with Crippen molar-refractivity contribution in [1.29, 1.82) is 0 Å². The van der Waals surface area contributed by atoms with E-state index < -0.39 is 10.0 Å². The number of para-hydroxylation sites is 1. The smallest absolute Gasteiger partial charge is 0.248 e. The van der Waals surface area contributed by atoms with Gasteiger partial charge in [0.15, 0.2) is 0 Å². The number of amides is 2. The predicted octanol–water partition coefficient (Wildman–Crippen LogP) is 1.26. The molecule has 0 N–H and O–H groups in total. The fourth-order valence-corrected chi connectivity index (χ4v) is 7.62. The first kappa shape index (κ1) is 25.9. The molecular weight excluding hydrogens is 492 g/mol. The Morgan fingerprint density at radius 3 is 2.35 bits per heavy atom. The highest BCUT2D eigenvalue weighted by Crippen LogP contribution is 2.30. The second-order valence-electron chi connectivity index (χ2n) is 10.4. The van der Waals surface area contributed by atoms with Crippen LogP contribution in [-0.4, -0.2) is 97.0 Å². The fourth-order valence-electron chi connectivity index (χ4n) is 5.78. The fraction of sp³-hybridized carbons (Fsp3) is 0.577. The zero-order valence-corrected chi connectivity index (χ0v) is 22.7. The van der Waals surface area contributed by atoms with Crippen molar-refractivity contribution in [1.82, 2.24) is 23.9 Å². The molecule has 3 aliphatic heterocycles. The van der Waals surface area contributed by atoms with Crippen LogP contribution in [0.1, 0.15) is 29.8 Å². The molecule has 0 unspecified atom stereocenters. The number of benzene rings is 1. The number of rotatable bonds is 5. The Morgan fingerprint density at radius 2 is 1.65 bits per heavy atom. The van der Waals surface area contributed by atoms with Gasteiger partial charge in [0.05, 0.1) is 11.4 Å². The van der Waals surface area contributed by atoms with E-state index in [-0.39, 0.29) is 29.2 Å². The highest BCUT2D eigenvalue weighted by Gasteiger charge is 2.37. The van der Waals surface area contributed by atoms with Crippen molar-refractivity contribution in [3.63, 3.8) is 0 Å². The van der Waals surface area contributed by atoms with Gasteiger partial charge >= 0.3 is 0 Å². The predicted molar refractivity (Wildman–Crippen MR) is 140 cm³/mol. The molecule has 1 aromatic heterocycles. The molecule has 200 valence electrons. The van der Waals surface area contributed by atoms with E-state index in [4.69, 9.17) is 0 Å². The van der Waals surface area contributed by atoms with Gasteiger partial charge in [-0.05, 0) is 51.8 Å². The van der Waals surface area contributed by atoms with Gasteiger partial charge in [-0.3, -0.25) is 14.3 Å². The van der Waals surface area contributed by atoms with E-state index in [9.17, 15) is 18.0 Å². The van der Waals surface area contributed by atoms with E-state index in [1.165, 1.54) is 8.99 Å². The number of hydrogen-bond donors (Lipinski definition) is 0. The average Bonchev–Trinajstić information content (AvgIpc) is 3.44. The first-order chi connectivity index (χ1) is 17.7. The van der Waals surface area contributed by atoms with Gasteiger partial charge in [0.25, 0.3) is 0 Å². The molecule has 0 saturated carbocycles. The van der Waals surface area contributed by atoms with Crippen molar-refractivity contribution >= 4 is 27.5 Å². The molecular formula is C26H36N6O4S. The van der Waals surface area contributed by atoms with Crippen molar-refractivity contribution < 1.29 is 18.0 Å². The molecule has 11 heteroatoms. The molecule has 0 bridgehead atoms. The SMILES string of the molecule is Cc1nn(CC(=O)N2CCc3ccccc32)c(C)c1S(=O)(=O)N1CCC(C(=O)N2CCN(C)CC2)CC1. The van der Waals surface area contributed by atoms with E-state index in [2.05, 4.69) is 17.0 Å². The summed E-state index contributed by atoms with van der Waals surface area (Å²) in [5.74, 6) is -0.101. The number of piperazine rings is 1. The topological polar surface area (TPSA) is 99.1 Å². The summed E-state index contributed by atoms with van der Waals surface area (Å²) >= 11 is 0. The molecule has 0 aliphatic carbocycles. The van der Waals surface area contributed by atoms with E-state index in [1.807, 2.05) is 29.2 Å². The van der Waals surface area contributed by atoms with Crippen LogP contribution in [0.25, 0.3) is 0 Å². The lowest BCUT2D eigenvalue weighted by Gasteiger charge is -2.37. The molecule has 4 heterocycles. The summed E-state index contributed by atoms with van der Waals surface area (Å²) in [5, 5.41) is 4.45. The molecule has 0 atom stereocenters. The van der Waals surface area contributed by atoms with Gasteiger partial charge in [0.2, 0.25) is 21.8 Å². The van der Waals surface area contributed by atoms with Crippen molar-refractivity contribution in [2.75, 3.05) is 57.8 Å². The maximum atomic E-state index is 13.6. The third-order valence-corrected chi connectivity index (χ3v) is 10.2. The van der Waals surface area contributed by atoms with Crippen LogP contribution in [0.5, 0.6) is 0 Å². The zero-order valence-electron chi connectivity index (χ0n) is 21.9. The second-order valence-corrected chi connectivity index (χ2v) is 12.3. The summed E-state index contributed by atoms with van der Waals surface area (Å²) in [5.41, 5.74) is 2.91. The Bertz CT molecular complexity index is 1290. The maximum Gasteiger partial charge on any atom is 0.248 e. The number of nitrogens with zero attached hydrogens (tertiary/aromatic N) is 6. The van der Waals surface area contributed by atoms with E-state index >= 15 is 0 Å². The number of hydrogen-bond acceptors (Lipinski definition) is 6. The number of aromatic nitrogens is 2. The number of carbonyl (C=O) groups excluding carboxylic acids is 2. The zero-order chi connectivity index (χ0) is 26.3. The van der Waals surface area contributed by atoms with Crippen LogP contribution in [0.3, 0.4) is 0 Å². The summed E-state index contributed by atoms with van der Waals surface area (Å²) < 4.78 is 30.3. The third-order valence-electron chi connectivity index (χ3n) is 8.00. The third kappa shape index (κ3) is 4.92. The van der Waals surface area contributed by atoms with E-state index in [1.54, 1.807) is 18.7 Å². The molecule has 0 radical (unpaired) electrons. The standard InChI is InChI=1S/C26H36N6O4S/c1-19-25(20(2)32(27-19)18-24(33)31-13-10-21-6-4-5-7-23(21)31)37(35,36)30-11-8-22(9-12-30)26(34)29-16-14-28(3)15-17-29/h4-7,22H,8-18H2,1-3H3. The van der Waals surface area contributed by atoms with Gasteiger partial charge in [-0.25, -0.2) is 8.42 Å². The average molecular weight is 529 g/mol. The first-order valence-corrected chi connectivity index (χ1v) is 14.5. The Hall–Kier alpha value is -2.76. The lowest BCUT2D eigenvalue weighted by atomic mass is 9.96. The van der Waals surface area contributed by atoms with Crippen LogP contribution < -0.4 is 4.90 Å². The van der Waals surface area contributed by atoms with Gasteiger partial charge in [0.1, 0.15) is 11.4 Å². The molecule has 5 rings (SSSR count). The molecule has 2 saturated heterocycles. The summed E-state index contributed by atoms with van der Waals surface area (Å²) in [7, 11) is -1.74. The molecule has 37 heavy (non-hydrogen) atoms. The maximum absolute atomic E-state index is 13.6. The molecule has 2 aromatic rings. The summed E-state index contributed by atoms with van der Waals surface area (Å²) in [6.07, 6.45) is 1.85. The van der Waals surface area contributed by atoms with Crippen molar-refractivity contribution in [2.24, 2.45) is 5.92 Å². The van der Waals surface area contributed by atoms with Crippen LogP contribution in [0.15, 0.2) is 29.2 Å². The molecule has 10 nitrogen and oxygen atoms in total. The summed E-state index contributed by atoms with van der Waals surface area (Å²) in [6, 6.07) is 7.85. The monoisotopic (exact) mass is 528 g/mol. The van der Waals surface area contributed by atoms with Crippen LogP contribution >= 0.6 is 0 Å². The number of aryl methyl sites for hydroxylation is 1. The van der Waals surface area contributed by atoms with Crippen LogP contribution in [0.4, 0.5) is 5.69 Å². The Balaban J connectivity index is 1.25.